The number of aryl methyl sites for hydroxylation is 1. The molecule has 0 fully saturated rings. The molecule has 0 aliphatic carbocycles. The summed E-state index contributed by atoms with van der Waals surface area (Å²) in [5.74, 6) is 1.70. The molecule has 0 aliphatic heterocycles. The Morgan fingerprint density at radius 3 is 2.70 bits per heavy atom. The van der Waals surface area contributed by atoms with Crippen molar-refractivity contribution in [2.45, 2.75) is 13.8 Å². The van der Waals surface area contributed by atoms with Gasteiger partial charge in [-0.05, 0) is 13.0 Å². The molecule has 1 rings (SSSR count). The van der Waals surface area contributed by atoms with Crippen LogP contribution in [0.2, 0.25) is 0 Å². The minimum Gasteiger partial charge on any atom is -0.439 e. The number of nitrogens with two attached hydrogens (primary N) is 1. The van der Waals surface area contributed by atoms with E-state index in [4.69, 9.17) is 10.2 Å². The fourth-order valence-electron chi connectivity index (χ4n) is 0.730. The Morgan fingerprint density at radius 2 is 2.30 bits per heavy atom. The molecule has 0 unspecified atom stereocenters. The number of rotatable bonds is 1. The Bertz CT molecular complexity index is 250. The van der Waals surface area contributed by atoms with Gasteiger partial charge in [0, 0.05) is 6.92 Å². The molecule has 54 valence electrons. The number of allylic oxidation sites excluding steroid dienone is 1. The van der Waals surface area contributed by atoms with Crippen LogP contribution >= 0.6 is 0 Å². The lowest BCUT2D eigenvalue weighted by atomic mass is 10.4. The van der Waals surface area contributed by atoms with Gasteiger partial charge in [0.1, 0.15) is 0 Å². The van der Waals surface area contributed by atoms with Crippen LogP contribution in [-0.4, -0.2) is 4.98 Å². The summed E-state index contributed by atoms with van der Waals surface area (Å²) in [6, 6.07) is 0. The highest BCUT2D eigenvalue weighted by atomic mass is 16.4. The third-order valence-corrected chi connectivity index (χ3v) is 1.11. The average molecular weight is 138 g/mol. The van der Waals surface area contributed by atoms with E-state index >= 15 is 0 Å². The van der Waals surface area contributed by atoms with Gasteiger partial charge in [0.25, 0.3) is 0 Å². The highest BCUT2D eigenvalue weighted by molar-refractivity contribution is 5.54. The van der Waals surface area contributed by atoms with E-state index in [2.05, 4.69) is 4.98 Å². The fourth-order valence-corrected chi connectivity index (χ4v) is 0.730. The second kappa shape index (κ2) is 2.56. The van der Waals surface area contributed by atoms with E-state index in [0.717, 1.165) is 0 Å². The zero-order chi connectivity index (χ0) is 7.56. The first-order chi connectivity index (χ1) is 4.74. The summed E-state index contributed by atoms with van der Waals surface area (Å²) < 4.78 is 5.13. The Balaban J connectivity index is 3.03. The monoisotopic (exact) mass is 138 g/mol. The molecule has 0 saturated heterocycles. The first-order valence-electron chi connectivity index (χ1n) is 3.09. The molecule has 1 heterocycles. The molecule has 0 bridgehead atoms. The van der Waals surface area contributed by atoms with Gasteiger partial charge >= 0.3 is 0 Å². The average Bonchev–Trinajstić information content (AvgIpc) is 2.13. The number of aromatic nitrogens is 1. The normalized spacial score (nSPS) is 11.0. The van der Waals surface area contributed by atoms with Gasteiger partial charge in [0.2, 0.25) is 0 Å². The summed E-state index contributed by atoms with van der Waals surface area (Å²) in [5.41, 5.74) is 5.47. The summed E-state index contributed by atoms with van der Waals surface area (Å²) in [5, 5.41) is 0. The maximum atomic E-state index is 5.47. The molecule has 1 aromatic rings. The van der Waals surface area contributed by atoms with Crippen LogP contribution in [0.5, 0.6) is 0 Å². The minimum atomic E-state index is 0.454. The largest absolute Gasteiger partial charge is 0.439 e. The van der Waals surface area contributed by atoms with Gasteiger partial charge < -0.3 is 10.2 Å². The van der Waals surface area contributed by atoms with E-state index in [1.54, 1.807) is 13.0 Å². The van der Waals surface area contributed by atoms with E-state index in [1.807, 2.05) is 13.0 Å². The number of hydrogen-bond donors (Lipinski definition) is 1. The molecule has 0 radical (unpaired) electrons. The first kappa shape index (κ1) is 6.86. The van der Waals surface area contributed by atoms with Crippen LogP contribution in [0.1, 0.15) is 18.6 Å². The number of nitrogen functional groups attached to an aromatic ring is 1. The Morgan fingerprint density at radius 1 is 1.60 bits per heavy atom. The van der Waals surface area contributed by atoms with Crippen LogP contribution in [0, 0.1) is 6.92 Å². The molecule has 3 nitrogen and oxygen atoms in total. The third-order valence-electron chi connectivity index (χ3n) is 1.11. The molecule has 0 amide bonds. The van der Waals surface area contributed by atoms with Crippen LogP contribution in [0.3, 0.4) is 0 Å². The highest BCUT2D eigenvalue weighted by Gasteiger charge is 2.01. The van der Waals surface area contributed by atoms with Gasteiger partial charge in [-0.25, -0.2) is 0 Å². The summed E-state index contributed by atoms with van der Waals surface area (Å²) >= 11 is 0. The maximum absolute atomic E-state index is 5.47. The lowest BCUT2D eigenvalue weighted by molar-refractivity contribution is 0.513. The van der Waals surface area contributed by atoms with E-state index < -0.39 is 0 Å². The summed E-state index contributed by atoms with van der Waals surface area (Å²) in [6.45, 7) is 3.67. The van der Waals surface area contributed by atoms with E-state index in [-0.39, 0.29) is 0 Å². The van der Waals surface area contributed by atoms with Crippen molar-refractivity contribution in [2.75, 3.05) is 5.73 Å². The maximum Gasteiger partial charge on any atom is 0.193 e. The topological polar surface area (TPSA) is 52.0 Å². The molecule has 0 aliphatic rings. The van der Waals surface area contributed by atoms with E-state index in [1.165, 1.54) is 0 Å². The molecule has 1 aromatic heterocycles. The van der Waals surface area contributed by atoms with Gasteiger partial charge in [-0.1, -0.05) is 6.08 Å². The molecule has 3 heteroatoms. The van der Waals surface area contributed by atoms with Gasteiger partial charge in [-0.15, -0.1) is 0 Å². The zero-order valence-electron chi connectivity index (χ0n) is 6.09. The lowest BCUT2D eigenvalue weighted by Gasteiger charge is -1.82. The third kappa shape index (κ3) is 1.18. The standard InChI is InChI=1S/C7H10N2O/c1-3-4-6-7(8)9-5(2)10-6/h3-4H,8H2,1-2H3/b4-3-. The first-order valence-corrected chi connectivity index (χ1v) is 3.09. The molecule has 2 N–H and O–H groups in total. The van der Waals surface area contributed by atoms with Crippen molar-refractivity contribution in [3.8, 4) is 0 Å². The summed E-state index contributed by atoms with van der Waals surface area (Å²) in [4.78, 5) is 3.89. The van der Waals surface area contributed by atoms with Crippen molar-refractivity contribution >= 4 is 11.9 Å². The highest BCUT2D eigenvalue weighted by Crippen LogP contribution is 2.13. The molecular weight excluding hydrogens is 128 g/mol. The molecule has 10 heavy (non-hydrogen) atoms. The van der Waals surface area contributed by atoms with Crippen LogP contribution in [-0.2, 0) is 0 Å². The van der Waals surface area contributed by atoms with Crippen molar-refractivity contribution in [1.82, 2.24) is 4.98 Å². The van der Waals surface area contributed by atoms with E-state index in [0.29, 0.717) is 17.5 Å². The second-order valence-corrected chi connectivity index (χ2v) is 1.98. The molecule has 0 spiro atoms. The van der Waals surface area contributed by atoms with Crippen LogP contribution in [0.15, 0.2) is 10.5 Å². The molecule has 0 atom stereocenters. The predicted octanol–water partition coefficient (Wildman–Crippen LogP) is 1.60. The van der Waals surface area contributed by atoms with Crippen LogP contribution in [0.25, 0.3) is 6.08 Å². The smallest absolute Gasteiger partial charge is 0.193 e. The van der Waals surface area contributed by atoms with Gasteiger partial charge in [0.15, 0.2) is 17.5 Å². The fraction of sp³-hybridized carbons (Fsp3) is 0.286. The lowest BCUT2D eigenvalue weighted by Crippen LogP contribution is -1.85. The SMILES string of the molecule is C/C=C\c1oc(C)nc1N. The number of anilines is 1. The predicted molar refractivity (Wildman–Crippen MR) is 40.4 cm³/mol. The van der Waals surface area contributed by atoms with Crippen molar-refractivity contribution in [1.29, 1.82) is 0 Å². The van der Waals surface area contributed by atoms with E-state index in [9.17, 15) is 0 Å². The van der Waals surface area contributed by atoms with Gasteiger partial charge in [0.05, 0.1) is 0 Å². The summed E-state index contributed by atoms with van der Waals surface area (Å²) in [6.07, 6.45) is 3.64. The van der Waals surface area contributed by atoms with Gasteiger partial charge in [-0.2, -0.15) is 4.98 Å². The quantitative estimate of drug-likeness (QED) is 0.641. The summed E-state index contributed by atoms with van der Waals surface area (Å²) in [7, 11) is 0. The van der Waals surface area contributed by atoms with Gasteiger partial charge in [-0.3, -0.25) is 0 Å². The number of hydrogen-bond acceptors (Lipinski definition) is 3. The number of oxazole rings is 1. The minimum absolute atomic E-state index is 0.454. The van der Waals surface area contributed by atoms with Crippen LogP contribution in [0.4, 0.5) is 5.82 Å². The Labute approximate surface area is 59.6 Å². The van der Waals surface area contributed by atoms with Crippen LogP contribution < -0.4 is 5.73 Å². The molecule has 0 saturated carbocycles. The van der Waals surface area contributed by atoms with Crippen molar-refractivity contribution in [3.05, 3.63) is 17.7 Å². The Hall–Kier alpha value is -1.25. The zero-order valence-corrected chi connectivity index (χ0v) is 6.09. The second-order valence-electron chi connectivity index (χ2n) is 1.98. The Kier molecular flexibility index (Phi) is 1.76. The van der Waals surface area contributed by atoms with Crippen molar-refractivity contribution in [3.63, 3.8) is 0 Å². The molecule has 0 aromatic carbocycles. The van der Waals surface area contributed by atoms with Crippen molar-refractivity contribution < 1.29 is 4.42 Å². The number of nitrogens with zero attached hydrogens (tertiary/aromatic N) is 1. The van der Waals surface area contributed by atoms with Crippen molar-refractivity contribution in [2.24, 2.45) is 0 Å². The molecular formula is C7H10N2O.